The summed E-state index contributed by atoms with van der Waals surface area (Å²) in [7, 11) is -2.85. The molecule has 8 heteroatoms. The molecule has 0 radical (unpaired) electrons. The number of aliphatic hydroxyl groups is 1. The fraction of sp³-hybridized carbons (Fsp3) is 0.478. The molecular weight excluding hydrogens is 439 g/mol. The Labute approximate surface area is 192 Å². The van der Waals surface area contributed by atoms with Crippen molar-refractivity contribution in [2.45, 2.75) is 51.5 Å². The molecule has 1 atom stereocenters. The molecule has 2 aromatic rings. The van der Waals surface area contributed by atoms with Crippen molar-refractivity contribution in [3.63, 3.8) is 0 Å². The van der Waals surface area contributed by atoms with Crippen LogP contribution >= 0.6 is 11.8 Å². The SMILES string of the molecule is CC.CC.CO.CSCCC[C@H](COc1ccc(F)cc1)OS(=O)(=O)c1ccccc1. The van der Waals surface area contributed by atoms with E-state index in [-0.39, 0.29) is 17.3 Å². The molecule has 0 aliphatic rings. The molecule has 2 rings (SSSR count). The summed E-state index contributed by atoms with van der Waals surface area (Å²) in [6.45, 7) is 8.08. The Hall–Kier alpha value is -1.61. The van der Waals surface area contributed by atoms with Gasteiger partial charge in [0.1, 0.15) is 24.3 Å². The lowest BCUT2D eigenvalue weighted by Crippen LogP contribution is -2.25. The molecule has 178 valence electrons. The fourth-order valence-electron chi connectivity index (χ4n) is 2.16. The van der Waals surface area contributed by atoms with Crippen LogP contribution in [-0.4, -0.2) is 45.4 Å². The van der Waals surface area contributed by atoms with Crippen LogP contribution in [0.5, 0.6) is 5.75 Å². The van der Waals surface area contributed by atoms with E-state index in [9.17, 15) is 12.8 Å². The van der Waals surface area contributed by atoms with E-state index in [1.165, 1.54) is 36.4 Å². The summed E-state index contributed by atoms with van der Waals surface area (Å²) in [5.74, 6) is 1.02. The van der Waals surface area contributed by atoms with Crippen LogP contribution < -0.4 is 4.74 Å². The van der Waals surface area contributed by atoms with Gasteiger partial charge in [0.05, 0.1) is 4.90 Å². The highest BCUT2D eigenvalue weighted by Gasteiger charge is 2.22. The molecule has 0 aliphatic heterocycles. The van der Waals surface area contributed by atoms with Crippen molar-refractivity contribution < 1.29 is 26.8 Å². The standard InChI is InChI=1S/C18H21FO4S2.2C2H6.CH4O/c1-24-13-5-6-17(14-22-16-11-9-15(19)10-12-16)23-25(20,21)18-7-3-2-4-8-18;3*1-2/h2-4,7-12,17H,5-6,13-14H2,1H3;2*1-2H3;2H,1H3/t17-;;;/m1.../s1. The number of ether oxygens (including phenoxy) is 1. The van der Waals surface area contributed by atoms with Crippen molar-refractivity contribution in [1.29, 1.82) is 0 Å². The summed E-state index contributed by atoms with van der Waals surface area (Å²) in [6.07, 6.45) is 2.74. The molecule has 5 nitrogen and oxygen atoms in total. The number of hydrogen-bond donors (Lipinski definition) is 1. The third-order valence-corrected chi connectivity index (χ3v) is 5.49. The van der Waals surface area contributed by atoms with Crippen LogP contribution in [0.3, 0.4) is 0 Å². The zero-order chi connectivity index (χ0) is 24.1. The van der Waals surface area contributed by atoms with Crippen molar-refractivity contribution >= 4 is 21.9 Å². The van der Waals surface area contributed by atoms with Gasteiger partial charge in [-0.05, 0) is 61.2 Å². The maximum absolute atomic E-state index is 12.9. The first-order valence-electron chi connectivity index (χ1n) is 10.3. The summed E-state index contributed by atoms with van der Waals surface area (Å²) in [5, 5.41) is 7.00. The second kappa shape index (κ2) is 20.3. The van der Waals surface area contributed by atoms with Crippen molar-refractivity contribution in [3.05, 3.63) is 60.4 Å². The van der Waals surface area contributed by atoms with E-state index in [1.807, 2.05) is 34.0 Å². The molecule has 0 unspecified atom stereocenters. The third-order valence-electron chi connectivity index (χ3n) is 3.42. The van der Waals surface area contributed by atoms with E-state index in [0.717, 1.165) is 19.3 Å². The average molecular weight is 477 g/mol. The van der Waals surface area contributed by atoms with Crippen molar-refractivity contribution in [1.82, 2.24) is 0 Å². The van der Waals surface area contributed by atoms with Gasteiger partial charge in [-0.1, -0.05) is 45.9 Å². The third kappa shape index (κ3) is 14.1. The zero-order valence-electron chi connectivity index (χ0n) is 19.4. The maximum Gasteiger partial charge on any atom is 0.297 e. The highest BCUT2D eigenvalue weighted by atomic mass is 32.2. The van der Waals surface area contributed by atoms with E-state index >= 15 is 0 Å². The molecule has 0 fully saturated rings. The predicted octanol–water partition coefficient (Wildman–Crippen LogP) is 5.78. The van der Waals surface area contributed by atoms with E-state index in [2.05, 4.69) is 0 Å². The Balaban J connectivity index is 0. The normalized spacial score (nSPS) is 10.8. The van der Waals surface area contributed by atoms with Gasteiger partial charge in [-0.3, -0.25) is 4.18 Å². The Morgan fingerprint density at radius 2 is 1.52 bits per heavy atom. The molecular formula is C23H37FO5S2. The maximum atomic E-state index is 12.9. The van der Waals surface area contributed by atoms with Crippen LogP contribution in [0.4, 0.5) is 4.39 Å². The summed E-state index contributed by atoms with van der Waals surface area (Å²) in [5.41, 5.74) is 0. The lowest BCUT2D eigenvalue weighted by atomic mass is 10.2. The van der Waals surface area contributed by atoms with Crippen LogP contribution in [0.15, 0.2) is 59.5 Å². The van der Waals surface area contributed by atoms with Gasteiger partial charge in [0, 0.05) is 7.11 Å². The minimum absolute atomic E-state index is 0.0755. The highest BCUT2D eigenvalue weighted by Crippen LogP contribution is 2.19. The predicted molar refractivity (Wildman–Crippen MR) is 129 cm³/mol. The van der Waals surface area contributed by atoms with Gasteiger partial charge in [-0.25, -0.2) is 4.39 Å². The lowest BCUT2D eigenvalue weighted by Gasteiger charge is -2.18. The highest BCUT2D eigenvalue weighted by molar-refractivity contribution is 7.98. The van der Waals surface area contributed by atoms with Crippen LogP contribution in [0, 0.1) is 5.82 Å². The lowest BCUT2D eigenvalue weighted by molar-refractivity contribution is 0.126. The molecule has 0 spiro atoms. The van der Waals surface area contributed by atoms with Crippen molar-refractivity contribution in [3.8, 4) is 5.75 Å². The first-order valence-corrected chi connectivity index (χ1v) is 13.1. The van der Waals surface area contributed by atoms with Crippen molar-refractivity contribution in [2.75, 3.05) is 25.7 Å². The second-order valence-corrected chi connectivity index (χ2v) is 7.94. The number of halogens is 1. The molecule has 0 amide bonds. The zero-order valence-corrected chi connectivity index (χ0v) is 21.0. The first-order chi connectivity index (χ1) is 15.0. The topological polar surface area (TPSA) is 72.8 Å². The quantitative estimate of drug-likeness (QED) is 0.346. The van der Waals surface area contributed by atoms with Gasteiger partial charge in [-0.15, -0.1) is 0 Å². The van der Waals surface area contributed by atoms with Gasteiger partial charge in [0.25, 0.3) is 10.1 Å². The smallest absolute Gasteiger partial charge is 0.297 e. The van der Waals surface area contributed by atoms with E-state index in [1.54, 1.807) is 30.0 Å². The minimum Gasteiger partial charge on any atom is -0.491 e. The molecule has 1 N–H and O–H groups in total. The van der Waals surface area contributed by atoms with E-state index in [4.69, 9.17) is 14.0 Å². The number of benzene rings is 2. The van der Waals surface area contributed by atoms with Crippen LogP contribution in [-0.2, 0) is 14.3 Å². The van der Waals surface area contributed by atoms with Crippen LogP contribution in [0.25, 0.3) is 0 Å². The molecule has 31 heavy (non-hydrogen) atoms. The van der Waals surface area contributed by atoms with E-state index in [0.29, 0.717) is 12.2 Å². The Bertz CT molecular complexity index is 738. The number of hydrogen-bond acceptors (Lipinski definition) is 6. The minimum atomic E-state index is -3.85. The van der Waals surface area contributed by atoms with Crippen LogP contribution in [0.2, 0.25) is 0 Å². The van der Waals surface area contributed by atoms with Gasteiger partial charge in [-0.2, -0.15) is 20.2 Å². The molecule has 2 aromatic carbocycles. The van der Waals surface area contributed by atoms with Crippen LogP contribution in [0.1, 0.15) is 40.5 Å². The molecule has 0 saturated heterocycles. The molecule has 0 aliphatic carbocycles. The Kier molecular flexibility index (Phi) is 20.7. The summed E-state index contributed by atoms with van der Waals surface area (Å²) >= 11 is 1.69. The van der Waals surface area contributed by atoms with E-state index < -0.39 is 16.2 Å². The monoisotopic (exact) mass is 476 g/mol. The van der Waals surface area contributed by atoms with Gasteiger partial charge in [0.2, 0.25) is 0 Å². The second-order valence-electron chi connectivity index (χ2n) is 5.39. The largest absolute Gasteiger partial charge is 0.491 e. The summed E-state index contributed by atoms with van der Waals surface area (Å²) < 4.78 is 48.7. The number of thioether (sulfide) groups is 1. The average Bonchev–Trinajstić information content (AvgIpc) is 2.83. The Morgan fingerprint density at radius 3 is 2.03 bits per heavy atom. The Morgan fingerprint density at radius 1 is 0.968 bits per heavy atom. The molecule has 0 saturated carbocycles. The number of rotatable bonds is 10. The van der Waals surface area contributed by atoms with Gasteiger partial charge in [0.15, 0.2) is 0 Å². The summed E-state index contributed by atoms with van der Waals surface area (Å²) in [6, 6.07) is 13.6. The van der Waals surface area contributed by atoms with Crippen molar-refractivity contribution in [2.24, 2.45) is 0 Å². The van der Waals surface area contributed by atoms with Gasteiger partial charge >= 0.3 is 0 Å². The number of aliphatic hydroxyl groups excluding tert-OH is 1. The van der Waals surface area contributed by atoms with Gasteiger partial charge < -0.3 is 9.84 Å². The fourth-order valence-corrected chi connectivity index (χ4v) is 3.72. The first kappa shape index (κ1) is 31.6. The molecule has 0 bridgehead atoms. The molecule has 0 heterocycles. The molecule has 0 aromatic heterocycles. The summed E-state index contributed by atoms with van der Waals surface area (Å²) in [4.78, 5) is 0.117.